The van der Waals surface area contributed by atoms with Crippen molar-refractivity contribution in [3.63, 3.8) is 0 Å². The minimum absolute atomic E-state index is 0.314. The van der Waals surface area contributed by atoms with Crippen molar-refractivity contribution in [2.75, 3.05) is 19.0 Å². The molecule has 3 nitrogen and oxygen atoms in total. The first-order chi connectivity index (χ1) is 4.83. The summed E-state index contributed by atoms with van der Waals surface area (Å²) in [7, 11) is 0. The van der Waals surface area contributed by atoms with E-state index in [0.29, 0.717) is 5.25 Å². The summed E-state index contributed by atoms with van der Waals surface area (Å²) in [6.07, 6.45) is 0. The molecule has 1 fully saturated rings. The molecule has 1 rings (SSSR count). The maximum Gasteiger partial charge on any atom is 0.102 e. The topological polar surface area (TPSA) is 59.0 Å². The van der Waals surface area contributed by atoms with Gasteiger partial charge in [-0.3, -0.25) is 0 Å². The number of rotatable bonds is 3. The zero-order chi connectivity index (χ0) is 7.40. The minimum atomic E-state index is -0.314. The minimum Gasteiger partial charge on any atom is -0.379 e. The highest BCUT2D eigenvalue weighted by Crippen LogP contribution is 2.18. The second kappa shape index (κ2) is 3.81. The van der Waals surface area contributed by atoms with Crippen LogP contribution in [0.4, 0.5) is 0 Å². The Bertz CT molecular complexity index is 141. The summed E-state index contributed by atoms with van der Waals surface area (Å²) in [6, 6.07) is 1.67. The fourth-order valence-corrected chi connectivity index (χ4v) is 1.53. The van der Waals surface area contributed by atoms with Gasteiger partial charge in [-0.25, -0.2) is 0 Å². The molecule has 0 radical (unpaired) electrons. The molecular weight excluding hydrogens is 148 g/mol. The molecule has 0 aromatic carbocycles. The molecule has 0 spiro atoms. The third-order valence-corrected chi connectivity index (χ3v) is 2.58. The van der Waals surface area contributed by atoms with E-state index in [9.17, 15) is 0 Å². The number of thioether (sulfide) groups is 1. The molecule has 0 aromatic heterocycles. The Labute approximate surface area is 64.5 Å². The molecule has 1 saturated heterocycles. The Morgan fingerprint density at radius 3 is 2.90 bits per heavy atom. The van der Waals surface area contributed by atoms with Crippen LogP contribution in [0.25, 0.3) is 0 Å². The molecule has 2 N–H and O–H groups in total. The summed E-state index contributed by atoms with van der Waals surface area (Å²) in [5.74, 6) is 0.727. The van der Waals surface area contributed by atoms with Crippen LogP contribution >= 0.6 is 11.8 Å². The molecule has 0 aromatic rings. The van der Waals surface area contributed by atoms with Crippen molar-refractivity contribution in [3.05, 3.63) is 0 Å². The highest BCUT2D eigenvalue weighted by molar-refractivity contribution is 8.00. The number of nitriles is 1. The predicted molar refractivity (Wildman–Crippen MR) is 40.7 cm³/mol. The second-order valence-electron chi connectivity index (χ2n) is 2.23. The van der Waals surface area contributed by atoms with Gasteiger partial charge >= 0.3 is 0 Å². The van der Waals surface area contributed by atoms with Crippen LogP contribution in [0.3, 0.4) is 0 Å². The molecule has 0 amide bonds. The van der Waals surface area contributed by atoms with Crippen LogP contribution in [-0.4, -0.2) is 30.3 Å². The summed E-state index contributed by atoms with van der Waals surface area (Å²) < 4.78 is 4.96. The monoisotopic (exact) mass is 158 g/mol. The first-order valence-corrected chi connectivity index (χ1v) is 4.22. The average molecular weight is 158 g/mol. The van der Waals surface area contributed by atoms with Gasteiger partial charge in [0.15, 0.2) is 0 Å². The van der Waals surface area contributed by atoms with E-state index in [4.69, 9.17) is 15.7 Å². The van der Waals surface area contributed by atoms with Crippen molar-refractivity contribution in [1.29, 1.82) is 5.26 Å². The van der Waals surface area contributed by atoms with Gasteiger partial charge in [-0.15, -0.1) is 0 Å². The predicted octanol–water partition coefficient (Wildman–Crippen LogP) is -0.0307. The molecule has 4 heteroatoms. The van der Waals surface area contributed by atoms with E-state index in [2.05, 4.69) is 0 Å². The number of hydrogen-bond donors (Lipinski definition) is 1. The Morgan fingerprint density at radius 1 is 1.80 bits per heavy atom. The van der Waals surface area contributed by atoms with Gasteiger partial charge in [-0.1, -0.05) is 0 Å². The molecule has 0 saturated carbocycles. The van der Waals surface area contributed by atoms with Gasteiger partial charge in [0.05, 0.1) is 24.5 Å². The molecular formula is C6H10N2OS. The lowest BCUT2D eigenvalue weighted by molar-refractivity contribution is 0.0455. The largest absolute Gasteiger partial charge is 0.379 e. The average Bonchev–Trinajstić information content (AvgIpc) is 1.84. The van der Waals surface area contributed by atoms with Crippen LogP contribution in [0.5, 0.6) is 0 Å². The van der Waals surface area contributed by atoms with Crippen molar-refractivity contribution in [2.45, 2.75) is 11.3 Å². The van der Waals surface area contributed by atoms with Crippen LogP contribution in [0.2, 0.25) is 0 Å². The van der Waals surface area contributed by atoms with Gasteiger partial charge in [0.1, 0.15) is 6.04 Å². The Kier molecular flexibility index (Phi) is 3.00. The van der Waals surface area contributed by atoms with Gasteiger partial charge in [0, 0.05) is 5.75 Å². The molecule has 56 valence electrons. The quantitative estimate of drug-likeness (QED) is 0.626. The Hall–Kier alpha value is -0.240. The highest BCUT2D eigenvalue weighted by Gasteiger charge is 2.19. The molecule has 1 aliphatic rings. The number of nitrogens with zero attached hydrogens (tertiary/aromatic N) is 1. The third kappa shape index (κ3) is 2.18. The summed E-state index contributed by atoms with van der Waals surface area (Å²) in [5, 5.41) is 8.90. The van der Waals surface area contributed by atoms with Gasteiger partial charge in [-0.05, 0) is 0 Å². The maximum atomic E-state index is 8.32. The zero-order valence-corrected chi connectivity index (χ0v) is 6.43. The van der Waals surface area contributed by atoms with Gasteiger partial charge in [0.2, 0.25) is 0 Å². The summed E-state index contributed by atoms with van der Waals surface area (Å²) in [6.45, 7) is 1.64. The molecule has 1 heterocycles. The van der Waals surface area contributed by atoms with Crippen LogP contribution in [0.1, 0.15) is 0 Å². The number of ether oxygens (including phenoxy) is 1. The molecule has 1 aliphatic heterocycles. The van der Waals surface area contributed by atoms with Crippen LogP contribution in [-0.2, 0) is 4.74 Å². The van der Waals surface area contributed by atoms with E-state index < -0.39 is 0 Å². The SMILES string of the molecule is N#CC(N)CSC1COC1. The first-order valence-electron chi connectivity index (χ1n) is 3.17. The lowest BCUT2D eigenvalue weighted by Crippen LogP contribution is -2.32. The van der Waals surface area contributed by atoms with Crippen molar-refractivity contribution < 1.29 is 4.74 Å². The molecule has 10 heavy (non-hydrogen) atoms. The number of hydrogen-bond acceptors (Lipinski definition) is 4. The van der Waals surface area contributed by atoms with Crippen molar-refractivity contribution in [2.24, 2.45) is 5.73 Å². The lowest BCUT2D eigenvalue weighted by atomic mass is 10.4. The normalized spacial score (nSPS) is 21.2. The van der Waals surface area contributed by atoms with Crippen LogP contribution in [0, 0.1) is 11.3 Å². The summed E-state index contributed by atoms with van der Waals surface area (Å²) in [5.41, 5.74) is 5.38. The van der Waals surface area contributed by atoms with E-state index in [0.717, 1.165) is 19.0 Å². The smallest absolute Gasteiger partial charge is 0.102 e. The fourth-order valence-electron chi connectivity index (χ4n) is 0.587. The standard InChI is InChI=1S/C6H10N2OS/c7-1-5(8)4-10-6-2-9-3-6/h5-6H,2-4,8H2. The van der Waals surface area contributed by atoms with Crippen molar-refractivity contribution in [3.8, 4) is 6.07 Å². The summed E-state index contributed by atoms with van der Waals surface area (Å²) >= 11 is 1.72. The number of nitrogens with two attached hydrogens (primary N) is 1. The van der Waals surface area contributed by atoms with E-state index in [-0.39, 0.29) is 6.04 Å². The summed E-state index contributed by atoms with van der Waals surface area (Å²) in [4.78, 5) is 0. The Morgan fingerprint density at radius 2 is 2.50 bits per heavy atom. The van der Waals surface area contributed by atoms with Crippen LogP contribution < -0.4 is 5.73 Å². The highest BCUT2D eigenvalue weighted by atomic mass is 32.2. The maximum absolute atomic E-state index is 8.32. The van der Waals surface area contributed by atoms with Gasteiger partial charge < -0.3 is 10.5 Å². The molecule has 0 aliphatic carbocycles. The van der Waals surface area contributed by atoms with Crippen LogP contribution in [0.15, 0.2) is 0 Å². The zero-order valence-electron chi connectivity index (χ0n) is 5.62. The first kappa shape index (κ1) is 7.86. The van der Waals surface area contributed by atoms with E-state index in [1.165, 1.54) is 0 Å². The van der Waals surface area contributed by atoms with Gasteiger partial charge in [-0.2, -0.15) is 17.0 Å². The van der Waals surface area contributed by atoms with Crippen molar-refractivity contribution in [1.82, 2.24) is 0 Å². The Balaban J connectivity index is 1.99. The lowest BCUT2D eigenvalue weighted by Gasteiger charge is -2.25. The van der Waals surface area contributed by atoms with E-state index >= 15 is 0 Å². The van der Waals surface area contributed by atoms with Gasteiger partial charge in [0.25, 0.3) is 0 Å². The van der Waals surface area contributed by atoms with Crippen molar-refractivity contribution >= 4 is 11.8 Å². The third-order valence-electron chi connectivity index (χ3n) is 1.28. The molecule has 0 bridgehead atoms. The molecule has 1 unspecified atom stereocenters. The molecule has 1 atom stereocenters. The van der Waals surface area contributed by atoms with E-state index in [1.54, 1.807) is 11.8 Å². The second-order valence-corrected chi connectivity index (χ2v) is 3.56. The van der Waals surface area contributed by atoms with E-state index in [1.807, 2.05) is 6.07 Å². The fraction of sp³-hybridized carbons (Fsp3) is 0.833.